The molecule has 0 aromatic rings. The molecule has 1 nitrogen and oxygen atoms in total. The van der Waals surface area contributed by atoms with Crippen molar-refractivity contribution in [2.75, 3.05) is 0 Å². The first-order chi connectivity index (χ1) is 2.64. The van der Waals surface area contributed by atoms with Gasteiger partial charge >= 0.3 is 6.01 Å². The maximum atomic E-state index is 10.8. The first-order valence-electron chi connectivity index (χ1n) is 1.04. The van der Waals surface area contributed by atoms with Crippen LogP contribution in [0.1, 0.15) is 0 Å². The lowest BCUT2D eigenvalue weighted by Gasteiger charge is -1.75. The standard InChI is InChI=1S/C2HClF2O/c3-1(4)2(5)6/h6H/b2-1-. The Morgan fingerprint density at radius 3 is 1.67 bits per heavy atom. The summed E-state index contributed by atoms with van der Waals surface area (Å²) in [4.78, 5) is 0. The SMILES string of the molecule is O/C(F)=C(\F)Cl. The second kappa shape index (κ2) is 1.97. The monoisotopic (exact) mass is 114 g/mol. The van der Waals surface area contributed by atoms with Crippen molar-refractivity contribution in [1.29, 1.82) is 0 Å². The zero-order valence-electron chi connectivity index (χ0n) is 2.58. The van der Waals surface area contributed by atoms with Gasteiger partial charge in [0.2, 0.25) is 0 Å². The van der Waals surface area contributed by atoms with E-state index in [1.807, 2.05) is 0 Å². The second-order valence-corrected chi connectivity index (χ2v) is 0.883. The normalized spacial score (nSPS) is 13.8. The zero-order chi connectivity index (χ0) is 5.15. The van der Waals surface area contributed by atoms with E-state index in [2.05, 4.69) is 11.6 Å². The summed E-state index contributed by atoms with van der Waals surface area (Å²) in [6.45, 7) is 0. The molecule has 1 N–H and O–H groups in total. The van der Waals surface area contributed by atoms with E-state index in [-0.39, 0.29) is 0 Å². The molecule has 0 saturated heterocycles. The van der Waals surface area contributed by atoms with Gasteiger partial charge in [0.05, 0.1) is 0 Å². The molecule has 0 aliphatic heterocycles. The summed E-state index contributed by atoms with van der Waals surface area (Å²) >= 11 is 4.20. The molecular weight excluding hydrogens is 113 g/mol. The molecule has 36 valence electrons. The van der Waals surface area contributed by atoms with Gasteiger partial charge in [0.15, 0.2) is 0 Å². The fourth-order valence-corrected chi connectivity index (χ4v) is 0. The summed E-state index contributed by atoms with van der Waals surface area (Å²) in [7, 11) is 0. The smallest absolute Gasteiger partial charge is 0.318 e. The number of aliphatic hydroxyl groups excluding tert-OH is 1. The van der Waals surface area contributed by atoms with Crippen LogP contribution in [0.2, 0.25) is 0 Å². The quantitative estimate of drug-likeness (QED) is 0.477. The Balaban J connectivity index is 3.68. The lowest BCUT2D eigenvalue weighted by Crippen LogP contribution is -1.64. The molecule has 4 heteroatoms. The van der Waals surface area contributed by atoms with Crippen LogP contribution in [0.25, 0.3) is 0 Å². The van der Waals surface area contributed by atoms with E-state index < -0.39 is 11.3 Å². The van der Waals surface area contributed by atoms with Crippen LogP contribution >= 0.6 is 11.6 Å². The second-order valence-electron chi connectivity index (χ2n) is 0.551. The molecule has 0 saturated carbocycles. The van der Waals surface area contributed by atoms with Gasteiger partial charge < -0.3 is 5.11 Å². The summed E-state index contributed by atoms with van der Waals surface area (Å²) < 4.78 is 21.6. The van der Waals surface area contributed by atoms with Crippen LogP contribution in [0.3, 0.4) is 0 Å². The highest BCUT2D eigenvalue weighted by atomic mass is 35.5. The molecule has 0 aliphatic carbocycles. The van der Waals surface area contributed by atoms with Gasteiger partial charge in [0.1, 0.15) is 0 Å². The van der Waals surface area contributed by atoms with Crippen LogP contribution in [0.15, 0.2) is 11.3 Å². The van der Waals surface area contributed by atoms with E-state index in [4.69, 9.17) is 5.11 Å². The van der Waals surface area contributed by atoms with Crippen LogP contribution in [0, 0.1) is 0 Å². The molecular formula is C2HClF2O. The first-order valence-corrected chi connectivity index (χ1v) is 1.42. The molecule has 6 heavy (non-hydrogen) atoms. The van der Waals surface area contributed by atoms with Gasteiger partial charge in [-0.15, -0.1) is 0 Å². The Labute approximate surface area is 37.8 Å². The maximum Gasteiger partial charge on any atom is 0.318 e. The third-order valence-corrected chi connectivity index (χ3v) is 0.312. The summed E-state index contributed by atoms with van der Waals surface area (Å²) in [5.74, 6) is 0. The number of rotatable bonds is 0. The Morgan fingerprint density at radius 1 is 1.50 bits per heavy atom. The van der Waals surface area contributed by atoms with Crippen molar-refractivity contribution in [3.05, 3.63) is 11.3 Å². The lowest BCUT2D eigenvalue weighted by molar-refractivity contribution is 0.267. The van der Waals surface area contributed by atoms with Gasteiger partial charge in [-0.3, -0.25) is 0 Å². The van der Waals surface area contributed by atoms with Crippen molar-refractivity contribution in [3.63, 3.8) is 0 Å². The van der Waals surface area contributed by atoms with Crippen molar-refractivity contribution >= 4 is 11.6 Å². The Kier molecular flexibility index (Phi) is 1.87. The average Bonchev–Trinajstić information content (AvgIpc) is 1.36. The van der Waals surface area contributed by atoms with Crippen molar-refractivity contribution in [3.8, 4) is 0 Å². The maximum absolute atomic E-state index is 10.8. The number of hydrogen-bond acceptors (Lipinski definition) is 1. The van der Waals surface area contributed by atoms with Crippen LogP contribution in [-0.4, -0.2) is 5.11 Å². The average molecular weight is 114 g/mol. The molecule has 0 amide bonds. The van der Waals surface area contributed by atoms with E-state index in [1.54, 1.807) is 0 Å². The minimum Gasteiger partial charge on any atom is -0.484 e. The van der Waals surface area contributed by atoms with Gasteiger partial charge in [0.25, 0.3) is 5.29 Å². The highest BCUT2D eigenvalue weighted by Gasteiger charge is 1.93. The molecule has 0 spiro atoms. The number of hydrogen-bond donors (Lipinski definition) is 1. The van der Waals surface area contributed by atoms with E-state index in [9.17, 15) is 8.78 Å². The third-order valence-electron chi connectivity index (χ3n) is 0.156. The van der Waals surface area contributed by atoms with Gasteiger partial charge in [-0.1, -0.05) is 0 Å². The topological polar surface area (TPSA) is 20.2 Å². The van der Waals surface area contributed by atoms with Gasteiger partial charge in [-0.25, -0.2) is 0 Å². The predicted octanol–water partition coefficient (Wildman–Crippen LogP) is 1.85. The summed E-state index contributed by atoms with van der Waals surface area (Å²) in [5.41, 5.74) is 0. The van der Waals surface area contributed by atoms with Gasteiger partial charge in [0, 0.05) is 0 Å². The molecule has 0 heterocycles. The van der Waals surface area contributed by atoms with Gasteiger partial charge in [-0.05, 0) is 11.6 Å². The van der Waals surface area contributed by atoms with E-state index in [0.717, 1.165) is 0 Å². The van der Waals surface area contributed by atoms with E-state index >= 15 is 0 Å². The van der Waals surface area contributed by atoms with E-state index in [0.29, 0.717) is 0 Å². The zero-order valence-corrected chi connectivity index (χ0v) is 3.34. The minimum absolute atomic E-state index is 1.71. The molecule has 0 bridgehead atoms. The Bertz CT molecular complexity index is 61.6. The van der Waals surface area contributed by atoms with Crippen molar-refractivity contribution in [1.82, 2.24) is 0 Å². The molecule has 0 rings (SSSR count). The number of aliphatic hydroxyl groups is 1. The molecule has 0 unspecified atom stereocenters. The summed E-state index contributed by atoms with van der Waals surface area (Å²) in [5, 5.41) is 5.62. The van der Waals surface area contributed by atoms with Crippen LogP contribution in [0.5, 0.6) is 0 Å². The third kappa shape index (κ3) is 1.96. The fourth-order valence-electron chi connectivity index (χ4n) is 0. The highest BCUT2D eigenvalue weighted by molar-refractivity contribution is 6.28. The van der Waals surface area contributed by atoms with Crippen molar-refractivity contribution < 1.29 is 13.9 Å². The summed E-state index contributed by atoms with van der Waals surface area (Å²) in [6.07, 6.45) is 0. The van der Waals surface area contributed by atoms with Gasteiger partial charge in [-0.2, -0.15) is 8.78 Å². The fraction of sp³-hybridized carbons (Fsp3) is 0. The molecule has 0 aromatic heterocycles. The molecule has 0 radical (unpaired) electrons. The largest absolute Gasteiger partial charge is 0.484 e. The highest BCUT2D eigenvalue weighted by Crippen LogP contribution is 2.07. The van der Waals surface area contributed by atoms with E-state index in [1.165, 1.54) is 0 Å². The summed E-state index contributed by atoms with van der Waals surface area (Å²) in [6, 6.07) is -1.98. The molecule has 0 atom stereocenters. The lowest BCUT2D eigenvalue weighted by atomic mass is 11.1. The van der Waals surface area contributed by atoms with Crippen LogP contribution in [-0.2, 0) is 0 Å². The Morgan fingerprint density at radius 2 is 1.67 bits per heavy atom. The van der Waals surface area contributed by atoms with Crippen LogP contribution < -0.4 is 0 Å². The molecule has 0 aromatic carbocycles. The number of halogens is 3. The molecule has 0 fully saturated rings. The van der Waals surface area contributed by atoms with Crippen molar-refractivity contribution in [2.24, 2.45) is 0 Å². The minimum atomic E-state index is -1.98. The Hall–Kier alpha value is -0.310. The van der Waals surface area contributed by atoms with Crippen LogP contribution in [0.4, 0.5) is 8.78 Å². The predicted molar refractivity (Wildman–Crippen MR) is 17.7 cm³/mol. The first kappa shape index (κ1) is 5.69. The molecule has 0 aliphatic rings. The van der Waals surface area contributed by atoms with Crippen molar-refractivity contribution in [2.45, 2.75) is 0 Å².